The number of aromatic amines is 1. The number of fused-ring (bicyclic) bond motifs is 3. The number of halogens is 2. The van der Waals surface area contributed by atoms with Gasteiger partial charge < -0.3 is 10.1 Å². The fourth-order valence-electron chi connectivity index (χ4n) is 3.99. The van der Waals surface area contributed by atoms with Gasteiger partial charge in [-0.2, -0.15) is 0 Å². The summed E-state index contributed by atoms with van der Waals surface area (Å²) in [6, 6.07) is 10.7. The molecule has 6 heteroatoms. The predicted molar refractivity (Wildman–Crippen MR) is 104 cm³/mol. The van der Waals surface area contributed by atoms with Gasteiger partial charge in [0.1, 0.15) is 6.04 Å². The molecule has 2 heterocycles. The molecule has 26 heavy (non-hydrogen) atoms. The highest BCUT2D eigenvalue weighted by Gasteiger charge is 2.43. The summed E-state index contributed by atoms with van der Waals surface area (Å²) in [5.74, 6) is -0.881. The second-order valence-corrected chi connectivity index (χ2v) is 7.81. The fourth-order valence-corrected chi connectivity index (χ4v) is 4.59. The van der Waals surface area contributed by atoms with Crippen molar-refractivity contribution >= 4 is 40.1 Å². The van der Waals surface area contributed by atoms with Gasteiger partial charge in [-0.1, -0.05) is 47.5 Å². The van der Waals surface area contributed by atoms with E-state index >= 15 is 0 Å². The zero-order valence-electron chi connectivity index (χ0n) is 14.4. The summed E-state index contributed by atoms with van der Waals surface area (Å²) in [7, 11) is 0. The molecule has 0 saturated heterocycles. The van der Waals surface area contributed by atoms with Crippen molar-refractivity contribution in [1.29, 1.82) is 0 Å². The highest BCUT2D eigenvalue weighted by atomic mass is 35.5. The molecule has 2 aromatic carbocycles. The minimum Gasteiger partial charge on any atom is -0.480 e. The van der Waals surface area contributed by atoms with Crippen molar-refractivity contribution in [3.05, 3.63) is 68.8 Å². The topological polar surface area (TPSA) is 65.1 Å². The van der Waals surface area contributed by atoms with Crippen LogP contribution in [0.1, 0.15) is 29.3 Å². The average Bonchev–Trinajstić information content (AvgIpc) is 2.96. The number of hydrogen-bond acceptors (Lipinski definition) is 2. The van der Waals surface area contributed by atoms with E-state index in [-0.39, 0.29) is 0 Å². The number of carboxylic acids is 1. The molecule has 0 spiro atoms. The number of para-hydroxylation sites is 1. The highest BCUT2D eigenvalue weighted by Crippen LogP contribution is 2.42. The Balaban J connectivity index is 2.02. The molecular weight excluding hydrogens is 371 g/mol. The van der Waals surface area contributed by atoms with Crippen LogP contribution in [-0.4, -0.2) is 22.1 Å². The van der Waals surface area contributed by atoms with Crippen molar-refractivity contribution in [2.45, 2.75) is 31.8 Å². The van der Waals surface area contributed by atoms with Crippen molar-refractivity contribution in [3.8, 4) is 0 Å². The van der Waals surface area contributed by atoms with E-state index in [1.165, 1.54) is 0 Å². The molecule has 0 fully saturated rings. The van der Waals surface area contributed by atoms with Crippen LogP contribution in [-0.2, 0) is 16.8 Å². The van der Waals surface area contributed by atoms with Crippen LogP contribution in [0, 0.1) is 6.92 Å². The van der Waals surface area contributed by atoms with E-state index in [1.807, 2.05) is 38.1 Å². The van der Waals surface area contributed by atoms with E-state index in [1.54, 1.807) is 12.1 Å². The largest absolute Gasteiger partial charge is 0.480 e. The lowest BCUT2D eigenvalue weighted by Gasteiger charge is -2.39. The molecule has 0 saturated carbocycles. The van der Waals surface area contributed by atoms with E-state index in [0.717, 1.165) is 33.3 Å². The highest BCUT2D eigenvalue weighted by molar-refractivity contribution is 6.35. The summed E-state index contributed by atoms with van der Waals surface area (Å²) in [4.78, 5) is 15.3. The smallest absolute Gasteiger partial charge is 0.321 e. The number of aliphatic carboxylic acids is 1. The number of carboxylic acid groups (broad SMARTS) is 1. The third-order valence-corrected chi connectivity index (χ3v) is 5.84. The number of carbonyl (C=O) groups is 1. The van der Waals surface area contributed by atoms with E-state index in [4.69, 9.17) is 23.2 Å². The molecule has 3 aromatic rings. The molecule has 1 aliphatic heterocycles. The van der Waals surface area contributed by atoms with Crippen molar-refractivity contribution in [1.82, 2.24) is 10.3 Å². The number of aryl methyl sites for hydroxylation is 1. The monoisotopic (exact) mass is 388 g/mol. The lowest BCUT2D eigenvalue weighted by atomic mass is 9.80. The lowest BCUT2D eigenvalue weighted by molar-refractivity contribution is -0.140. The van der Waals surface area contributed by atoms with Crippen LogP contribution in [0.5, 0.6) is 0 Å². The maximum atomic E-state index is 11.8. The van der Waals surface area contributed by atoms with Gasteiger partial charge in [-0.05, 0) is 42.7 Å². The third kappa shape index (κ3) is 2.52. The minimum atomic E-state index is -0.881. The van der Waals surface area contributed by atoms with Crippen LogP contribution >= 0.6 is 23.2 Å². The Morgan fingerprint density at radius 1 is 1.27 bits per heavy atom. The summed E-state index contributed by atoms with van der Waals surface area (Å²) in [6.45, 7) is 4.00. The van der Waals surface area contributed by atoms with E-state index in [2.05, 4.69) is 10.3 Å². The average molecular weight is 389 g/mol. The molecule has 0 aliphatic carbocycles. The van der Waals surface area contributed by atoms with Crippen molar-refractivity contribution in [2.75, 3.05) is 0 Å². The van der Waals surface area contributed by atoms with Gasteiger partial charge in [0.15, 0.2) is 0 Å². The predicted octanol–water partition coefficient (Wildman–Crippen LogP) is 4.65. The maximum absolute atomic E-state index is 11.8. The summed E-state index contributed by atoms with van der Waals surface area (Å²) >= 11 is 12.5. The molecule has 0 amide bonds. The second-order valence-electron chi connectivity index (χ2n) is 6.96. The fraction of sp³-hybridized carbons (Fsp3) is 0.250. The van der Waals surface area contributed by atoms with E-state index in [9.17, 15) is 9.90 Å². The molecule has 0 bridgehead atoms. The number of hydrogen-bond donors (Lipinski definition) is 3. The van der Waals surface area contributed by atoms with E-state index < -0.39 is 17.6 Å². The summed E-state index contributed by atoms with van der Waals surface area (Å²) in [6.07, 6.45) is 0.412. The zero-order chi connectivity index (χ0) is 18.6. The second kappa shape index (κ2) is 6.02. The molecule has 2 unspecified atom stereocenters. The molecule has 3 N–H and O–H groups in total. The number of nitrogens with one attached hydrogen (secondary N) is 2. The number of rotatable bonds is 2. The number of H-pyrrole nitrogens is 1. The third-order valence-electron chi connectivity index (χ3n) is 5.29. The van der Waals surface area contributed by atoms with Crippen molar-refractivity contribution in [2.24, 2.45) is 0 Å². The lowest BCUT2D eigenvalue weighted by Crippen LogP contribution is -2.54. The van der Waals surface area contributed by atoms with Gasteiger partial charge >= 0.3 is 5.97 Å². The van der Waals surface area contributed by atoms with Crippen molar-refractivity contribution in [3.63, 3.8) is 0 Å². The van der Waals surface area contributed by atoms with Crippen LogP contribution in [0.15, 0.2) is 36.4 Å². The van der Waals surface area contributed by atoms with Crippen LogP contribution in [0.25, 0.3) is 10.9 Å². The zero-order valence-corrected chi connectivity index (χ0v) is 15.9. The van der Waals surface area contributed by atoms with Crippen molar-refractivity contribution < 1.29 is 9.90 Å². The molecule has 0 radical (unpaired) electrons. The maximum Gasteiger partial charge on any atom is 0.321 e. The normalized spacial score (nSPS) is 22.4. The molecular formula is C20H18Cl2N2O2. The summed E-state index contributed by atoms with van der Waals surface area (Å²) in [5.41, 5.74) is 4.13. The molecule has 4 rings (SSSR count). The first kappa shape index (κ1) is 17.4. The Morgan fingerprint density at radius 2 is 2.04 bits per heavy atom. The SMILES string of the molecule is Cc1cccc2c3c([nH]c12)C(C)(c1ccc(Cl)cc1Cl)NC(C(=O)O)C3. The first-order valence-electron chi connectivity index (χ1n) is 8.38. The Labute approximate surface area is 161 Å². The quantitative estimate of drug-likeness (QED) is 0.598. The Kier molecular flexibility index (Phi) is 4.03. The van der Waals surface area contributed by atoms with Crippen LogP contribution < -0.4 is 5.32 Å². The Hall–Kier alpha value is -2.01. The van der Waals surface area contributed by atoms with Crippen LogP contribution in [0.4, 0.5) is 0 Å². The van der Waals surface area contributed by atoms with Crippen LogP contribution in [0.2, 0.25) is 10.0 Å². The first-order chi connectivity index (χ1) is 12.3. The van der Waals surface area contributed by atoms with Gasteiger partial charge in [-0.15, -0.1) is 0 Å². The van der Waals surface area contributed by atoms with Gasteiger partial charge in [0, 0.05) is 33.1 Å². The number of aromatic nitrogens is 1. The van der Waals surface area contributed by atoms with Crippen LogP contribution in [0.3, 0.4) is 0 Å². The van der Waals surface area contributed by atoms with Gasteiger partial charge in [0.25, 0.3) is 0 Å². The standard InChI is InChI=1S/C20H18Cl2N2O2/c1-10-4-3-5-12-13-9-16(19(25)26)24-20(2,18(13)23-17(10)12)14-7-6-11(21)8-15(14)22/h3-8,16,23-24H,9H2,1-2H3,(H,25,26). The molecule has 2 atom stereocenters. The molecule has 4 nitrogen and oxygen atoms in total. The first-order valence-corrected chi connectivity index (χ1v) is 9.13. The Bertz CT molecular complexity index is 1040. The van der Waals surface area contributed by atoms with Gasteiger partial charge in [-0.3, -0.25) is 10.1 Å². The van der Waals surface area contributed by atoms with Gasteiger partial charge in [0.05, 0.1) is 5.54 Å². The Morgan fingerprint density at radius 3 is 2.73 bits per heavy atom. The molecule has 1 aromatic heterocycles. The van der Waals surface area contributed by atoms with Gasteiger partial charge in [-0.25, -0.2) is 0 Å². The van der Waals surface area contributed by atoms with Gasteiger partial charge in [0.2, 0.25) is 0 Å². The number of benzene rings is 2. The van der Waals surface area contributed by atoms with E-state index in [0.29, 0.717) is 16.5 Å². The molecule has 134 valence electrons. The summed E-state index contributed by atoms with van der Waals surface area (Å²) < 4.78 is 0. The molecule has 1 aliphatic rings. The summed E-state index contributed by atoms with van der Waals surface area (Å²) in [5, 5.41) is 15.1. The minimum absolute atomic E-state index is 0.412.